The van der Waals surface area contributed by atoms with E-state index in [1.165, 1.54) is 11.1 Å². The smallest absolute Gasteiger partial charge is 0.132 e. The van der Waals surface area contributed by atoms with Gasteiger partial charge >= 0.3 is 0 Å². The van der Waals surface area contributed by atoms with Crippen LogP contribution in [0.15, 0.2) is 48.8 Å². The number of aromatic nitrogens is 4. The highest BCUT2D eigenvalue weighted by atomic mass is 15.2. The van der Waals surface area contributed by atoms with Gasteiger partial charge in [0, 0.05) is 36.5 Å². The van der Waals surface area contributed by atoms with Crippen LogP contribution < -0.4 is 0 Å². The van der Waals surface area contributed by atoms with E-state index in [0.717, 1.165) is 43.3 Å². The molecule has 24 heavy (non-hydrogen) atoms. The van der Waals surface area contributed by atoms with Crippen LogP contribution in [0.2, 0.25) is 0 Å². The summed E-state index contributed by atoms with van der Waals surface area (Å²) in [7, 11) is 0. The van der Waals surface area contributed by atoms with E-state index >= 15 is 0 Å². The maximum atomic E-state index is 4.60. The van der Waals surface area contributed by atoms with Crippen LogP contribution in [0.4, 0.5) is 0 Å². The van der Waals surface area contributed by atoms with Crippen molar-refractivity contribution in [3.05, 3.63) is 65.9 Å². The minimum absolute atomic E-state index is 0.428. The molecular formula is C19H21N5. The zero-order chi connectivity index (χ0) is 16.4. The van der Waals surface area contributed by atoms with Crippen LogP contribution in [0.3, 0.4) is 0 Å². The Labute approximate surface area is 141 Å². The van der Waals surface area contributed by atoms with Crippen LogP contribution in [-0.2, 0) is 6.54 Å². The van der Waals surface area contributed by atoms with Crippen LogP contribution in [-0.4, -0.2) is 38.2 Å². The Hall–Kier alpha value is -2.53. The number of likely N-dealkylation sites (tertiary alicyclic amines) is 1. The molecule has 1 atom stereocenters. The molecule has 5 nitrogen and oxygen atoms in total. The summed E-state index contributed by atoms with van der Waals surface area (Å²) >= 11 is 0. The zero-order valence-electron chi connectivity index (χ0n) is 13.8. The minimum atomic E-state index is 0.428. The standard InChI is InChI=1S/C19H21N5/c1-14-7-9-20-19(22-14)16-8-10-24(12-16)13-17-11-21-23-18(17)15-5-3-2-4-6-15/h2-7,9,11,16H,8,10,12-13H2,1H3,(H,21,23)/t16-/m1/s1. The van der Waals surface area contributed by atoms with Crippen LogP contribution >= 0.6 is 0 Å². The van der Waals surface area contributed by atoms with Crippen molar-refractivity contribution >= 4 is 0 Å². The fraction of sp³-hybridized carbons (Fsp3) is 0.316. The van der Waals surface area contributed by atoms with Gasteiger partial charge in [-0.05, 0) is 31.5 Å². The molecule has 0 amide bonds. The number of hydrogen-bond acceptors (Lipinski definition) is 4. The quantitative estimate of drug-likeness (QED) is 0.802. The normalized spacial score (nSPS) is 18.1. The number of H-pyrrole nitrogens is 1. The Balaban J connectivity index is 1.47. The average molecular weight is 319 g/mol. The molecule has 3 heterocycles. The van der Waals surface area contributed by atoms with Crippen molar-refractivity contribution in [1.29, 1.82) is 0 Å². The molecule has 2 aromatic heterocycles. The summed E-state index contributed by atoms with van der Waals surface area (Å²) in [4.78, 5) is 11.5. The molecule has 1 N–H and O–H groups in total. The monoisotopic (exact) mass is 319 g/mol. The summed E-state index contributed by atoms with van der Waals surface area (Å²) < 4.78 is 0. The molecule has 1 aliphatic rings. The highest BCUT2D eigenvalue weighted by Gasteiger charge is 2.26. The first-order chi connectivity index (χ1) is 11.8. The third-order valence-electron chi connectivity index (χ3n) is 4.63. The zero-order valence-corrected chi connectivity index (χ0v) is 13.8. The second kappa shape index (κ2) is 6.53. The summed E-state index contributed by atoms with van der Waals surface area (Å²) in [5.41, 5.74) is 4.58. The predicted molar refractivity (Wildman–Crippen MR) is 93.4 cm³/mol. The summed E-state index contributed by atoms with van der Waals surface area (Å²) in [6, 6.07) is 12.3. The third-order valence-corrected chi connectivity index (χ3v) is 4.63. The van der Waals surface area contributed by atoms with Gasteiger partial charge in [-0.25, -0.2) is 9.97 Å². The molecule has 5 heteroatoms. The van der Waals surface area contributed by atoms with Gasteiger partial charge in [0.15, 0.2) is 0 Å². The van der Waals surface area contributed by atoms with Gasteiger partial charge in [0.2, 0.25) is 0 Å². The topological polar surface area (TPSA) is 57.7 Å². The highest BCUT2D eigenvalue weighted by molar-refractivity contribution is 5.62. The van der Waals surface area contributed by atoms with Crippen LogP contribution in [0, 0.1) is 6.92 Å². The van der Waals surface area contributed by atoms with Crippen LogP contribution in [0.1, 0.15) is 29.4 Å². The first-order valence-electron chi connectivity index (χ1n) is 8.39. The fourth-order valence-electron chi connectivity index (χ4n) is 3.38. The van der Waals surface area contributed by atoms with Gasteiger partial charge in [-0.15, -0.1) is 0 Å². The van der Waals surface area contributed by atoms with Crippen molar-refractivity contribution in [3.63, 3.8) is 0 Å². The molecule has 0 saturated carbocycles. The van der Waals surface area contributed by atoms with Gasteiger partial charge in [-0.3, -0.25) is 10.00 Å². The molecule has 1 aliphatic heterocycles. The first-order valence-corrected chi connectivity index (χ1v) is 8.39. The van der Waals surface area contributed by atoms with Crippen molar-refractivity contribution < 1.29 is 0 Å². The van der Waals surface area contributed by atoms with Crippen LogP contribution in [0.5, 0.6) is 0 Å². The second-order valence-corrected chi connectivity index (χ2v) is 6.41. The molecule has 0 bridgehead atoms. The molecule has 122 valence electrons. The number of aromatic amines is 1. The summed E-state index contributed by atoms with van der Waals surface area (Å²) in [6.45, 7) is 5.00. The lowest BCUT2D eigenvalue weighted by molar-refractivity contribution is 0.326. The Morgan fingerprint density at radius 2 is 2.08 bits per heavy atom. The van der Waals surface area contributed by atoms with E-state index in [9.17, 15) is 0 Å². The number of nitrogens with zero attached hydrogens (tertiary/aromatic N) is 4. The summed E-state index contributed by atoms with van der Waals surface area (Å²) in [5, 5.41) is 7.40. The molecule has 1 fully saturated rings. The number of rotatable bonds is 4. The van der Waals surface area contributed by atoms with E-state index in [1.54, 1.807) is 0 Å². The van der Waals surface area contributed by atoms with Crippen LogP contribution in [0.25, 0.3) is 11.3 Å². The molecule has 0 spiro atoms. The number of benzene rings is 1. The van der Waals surface area contributed by atoms with Gasteiger partial charge in [-0.2, -0.15) is 5.10 Å². The number of aryl methyl sites for hydroxylation is 1. The minimum Gasteiger partial charge on any atom is -0.298 e. The van der Waals surface area contributed by atoms with E-state index in [2.05, 4.69) is 49.3 Å². The first kappa shape index (κ1) is 15.0. The molecule has 0 unspecified atom stereocenters. The third kappa shape index (κ3) is 3.08. The maximum Gasteiger partial charge on any atom is 0.132 e. The Bertz CT molecular complexity index is 811. The molecule has 1 aromatic carbocycles. The SMILES string of the molecule is Cc1ccnc([C@@H]2CCN(Cc3cn[nH]c3-c3ccccc3)C2)n1. The van der Waals surface area contributed by atoms with E-state index in [1.807, 2.05) is 31.5 Å². The van der Waals surface area contributed by atoms with Gasteiger partial charge in [0.25, 0.3) is 0 Å². The van der Waals surface area contributed by atoms with Gasteiger partial charge in [0.05, 0.1) is 11.9 Å². The maximum absolute atomic E-state index is 4.60. The number of nitrogens with one attached hydrogen (secondary N) is 1. The lowest BCUT2D eigenvalue weighted by Crippen LogP contribution is -2.20. The molecular weight excluding hydrogens is 298 g/mol. The molecule has 0 radical (unpaired) electrons. The van der Waals surface area contributed by atoms with Crippen molar-refractivity contribution in [3.8, 4) is 11.3 Å². The Morgan fingerprint density at radius 3 is 2.92 bits per heavy atom. The molecule has 4 rings (SSSR count). The van der Waals surface area contributed by atoms with Crippen molar-refractivity contribution in [1.82, 2.24) is 25.1 Å². The van der Waals surface area contributed by atoms with E-state index in [4.69, 9.17) is 0 Å². The summed E-state index contributed by atoms with van der Waals surface area (Å²) in [6.07, 6.45) is 4.92. The lowest BCUT2D eigenvalue weighted by Gasteiger charge is -2.16. The predicted octanol–water partition coefficient (Wildman–Crippen LogP) is 3.16. The number of hydrogen-bond donors (Lipinski definition) is 1. The van der Waals surface area contributed by atoms with Crippen molar-refractivity contribution in [2.75, 3.05) is 13.1 Å². The largest absolute Gasteiger partial charge is 0.298 e. The van der Waals surface area contributed by atoms with Crippen molar-refractivity contribution in [2.24, 2.45) is 0 Å². The van der Waals surface area contributed by atoms with Gasteiger partial charge in [0.1, 0.15) is 5.82 Å². The Morgan fingerprint density at radius 1 is 1.21 bits per heavy atom. The molecule has 3 aromatic rings. The van der Waals surface area contributed by atoms with Gasteiger partial charge in [-0.1, -0.05) is 30.3 Å². The van der Waals surface area contributed by atoms with Gasteiger partial charge < -0.3 is 0 Å². The Kier molecular flexibility index (Phi) is 4.09. The average Bonchev–Trinajstić information content (AvgIpc) is 3.26. The van der Waals surface area contributed by atoms with E-state index in [0.29, 0.717) is 5.92 Å². The highest BCUT2D eigenvalue weighted by Crippen LogP contribution is 2.28. The van der Waals surface area contributed by atoms with E-state index < -0.39 is 0 Å². The van der Waals surface area contributed by atoms with Crippen molar-refractivity contribution in [2.45, 2.75) is 25.8 Å². The summed E-state index contributed by atoms with van der Waals surface area (Å²) in [5.74, 6) is 1.41. The second-order valence-electron chi connectivity index (χ2n) is 6.41. The van der Waals surface area contributed by atoms with E-state index in [-0.39, 0.29) is 0 Å². The molecule has 1 saturated heterocycles. The lowest BCUT2D eigenvalue weighted by atomic mass is 10.1. The molecule has 0 aliphatic carbocycles. The fourth-order valence-corrected chi connectivity index (χ4v) is 3.38.